The number of anilines is 1. The standard InChI is InChI=1S/C20H27N3O3/c1-14-18(15(2)26-22-14)4-3-9-21-16-7-10-23(11-8-16)17-5-6-19-20(12-17)25-13-24-19/h5-6,12,16,21H,3-4,7-11,13H2,1-2H3. The fourth-order valence-electron chi connectivity index (χ4n) is 3.85. The van der Waals surface area contributed by atoms with E-state index in [2.05, 4.69) is 27.5 Å². The molecule has 6 nitrogen and oxygen atoms in total. The summed E-state index contributed by atoms with van der Waals surface area (Å²) in [5.41, 5.74) is 3.52. The van der Waals surface area contributed by atoms with E-state index in [1.165, 1.54) is 24.1 Å². The molecule has 26 heavy (non-hydrogen) atoms. The van der Waals surface area contributed by atoms with Crippen molar-refractivity contribution in [2.24, 2.45) is 0 Å². The average molecular weight is 357 g/mol. The molecule has 2 aliphatic heterocycles. The van der Waals surface area contributed by atoms with Crippen molar-refractivity contribution in [3.63, 3.8) is 0 Å². The highest BCUT2D eigenvalue weighted by Crippen LogP contribution is 2.36. The van der Waals surface area contributed by atoms with Gasteiger partial charge in [-0.3, -0.25) is 0 Å². The van der Waals surface area contributed by atoms with Crippen LogP contribution in [0.4, 0.5) is 5.69 Å². The lowest BCUT2D eigenvalue weighted by atomic mass is 10.0. The fraction of sp³-hybridized carbons (Fsp3) is 0.550. The quantitative estimate of drug-likeness (QED) is 0.801. The Kier molecular flexibility index (Phi) is 5.02. The van der Waals surface area contributed by atoms with Crippen molar-refractivity contribution < 1.29 is 14.0 Å². The van der Waals surface area contributed by atoms with Gasteiger partial charge in [-0.15, -0.1) is 0 Å². The molecule has 0 bridgehead atoms. The zero-order chi connectivity index (χ0) is 17.9. The summed E-state index contributed by atoms with van der Waals surface area (Å²) < 4.78 is 16.1. The van der Waals surface area contributed by atoms with Crippen LogP contribution in [0.1, 0.15) is 36.3 Å². The summed E-state index contributed by atoms with van der Waals surface area (Å²) in [6, 6.07) is 6.84. The second-order valence-corrected chi connectivity index (χ2v) is 7.16. The van der Waals surface area contributed by atoms with E-state index in [0.29, 0.717) is 12.8 Å². The fourth-order valence-corrected chi connectivity index (χ4v) is 3.85. The van der Waals surface area contributed by atoms with E-state index in [1.807, 2.05) is 19.9 Å². The molecule has 0 amide bonds. The Morgan fingerprint density at radius 1 is 1.15 bits per heavy atom. The lowest BCUT2D eigenvalue weighted by molar-refractivity contribution is 0.174. The van der Waals surface area contributed by atoms with Crippen molar-refractivity contribution in [1.29, 1.82) is 0 Å². The van der Waals surface area contributed by atoms with Crippen LogP contribution in [0.25, 0.3) is 0 Å². The third-order valence-corrected chi connectivity index (χ3v) is 5.43. The minimum Gasteiger partial charge on any atom is -0.454 e. The molecule has 1 saturated heterocycles. The number of benzene rings is 1. The van der Waals surface area contributed by atoms with E-state index in [1.54, 1.807) is 0 Å². The maximum Gasteiger partial charge on any atom is 0.231 e. The Bertz CT molecular complexity index is 731. The highest BCUT2D eigenvalue weighted by atomic mass is 16.7. The van der Waals surface area contributed by atoms with E-state index >= 15 is 0 Å². The van der Waals surface area contributed by atoms with Crippen LogP contribution in [0.5, 0.6) is 11.5 Å². The zero-order valence-corrected chi connectivity index (χ0v) is 15.6. The Morgan fingerprint density at radius 3 is 2.73 bits per heavy atom. The molecular weight excluding hydrogens is 330 g/mol. The van der Waals surface area contributed by atoms with Gasteiger partial charge in [-0.2, -0.15) is 0 Å². The molecule has 4 rings (SSSR count). The van der Waals surface area contributed by atoms with Crippen LogP contribution in [-0.2, 0) is 6.42 Å². The van der Waals surface area contributed by atoms with Gasteiger partial charge in [-0.25, -0.2) is 0 Å². The number of hydrogen-bond acceptors (Lipinski definition) is 6. The van der Waals surface area contributed by atoms with Crippen LogP contribution in [0.3, 0.4) is 0 Å². The number of nitrogens with zero attached hydrogens (tertiary/aromatic N) is 2. The minimum atomic E-state index is 0.332. The first-order valence-corrected chi connectivity index (χ1v) is 9.50. The normalized spacial score (nSPS) is 17.1. The lowest BCUT2D eigenvalue weighted by Gasteiger charge is -2.34. The molecule has 1 N–H and O–H groups in total. The number of aromatic nitrogens is 1. The van der Waals surface area contributed by atoms with E-state index in [0.717, 1.165) is 55.4 Å². The van der Waals surface area contributed by atoms with Gasteiger partial charge in [-0.05, 0) is 58.2 Å². The van der Waals surface area contributed by atoms with Crippen molar-refractivity contribution in [3.8, 4) is 11.5 Å². The molecule has 140 valence electrons. The van der Waals surface area contributed by atoms with Crippen molar-refractivity contribution in [1.82, 2.24) is 10.5 Å². The van der Waals surface area contributed by atoms with Crippen molar-refractivity contribution >= 4 is 5.69 Å². The van der Waals surface area contributed by atoms with Gasteiger partial charge in [0.25, 0.3) is 0 Å². The summed E-state index contributed by atoms with van der Waals surface area (Å²) >= 11 is 0. The zero-order valence-electron chi connectivity index (χ0n) is 15.6. The third kappa shape index (κ3) is 3.65. The van der Waals surface area contributed by atoms with Gasteiger partial charge in [0.15, 0.2) is 11.5 Å². The van der Waals surface area contributed by atoms with Gasteiger partial charge in [0, 0.05) is 36.4 Å². The molecule has 0 radical (unpaired) electrons. The number of rotatable bonds is 6. The van der Waals surface area contributed by atoms with Gasteiger partial charge in [0.05, 0.1) is 5.69 Å². The van der Waals surface area contributed by atoms with E-state index < -0.39 is 0 Å². The molecular formula is C20H27N3O3. The number of aryl methyl sites for hydroxylation is 2. The van der Waals surface area contributed by atoms with E-state index in [4.69, 9.17) is 14.0 Å². The Labute approximate surface area is 154 Å². The molecule has 0 saturated carbocycles. The van der Waals surface area contributed by atoms with Gasteiger partial charge in [0.1, 0.15) is 5.76 Å². The predicted octanol–water partition coefficient (Wildman–Crippen LogP) is 3.21. The number of piperidine rings is 1. The molecule has 2 aromatic rings. The van der Waals surface area contributed by atoms with Crippen LogP contribution in [0, 0.1) is 13.8 Å². The highest BCUT2D eigenvalue weighted by molar-refractivity contribution is 5.57. The first kappa shape index (κ1) is 17.2. The lowest BCUT2D eigenvalue weighted by Crippen LogP contribution is -2.42. The van der Waals surface area contributed by atoms with Crippen LogP contribution >= 0.6 is 0 Å². The number of nitrogens with one attached hydrogen (secondary N) is 1. The molecule has 1 fully saturated rings. The maximum absolute atomic E-state index is 5.49. The van der Waals surface area contributed by atoms with Crippen molar-refractivity contribution in [3.05, 3.63) is 35.2 Å². The average Bonchev–Trinajstić information content (AvgIpc) is 3.26. The Morgan fingerprint density at radius 2 is 1.96 bits per heavy atom. The SMILES string of the molecule is Cc1noc(C)c1CCCNC1CCN(c2ccc3c(c2)OCO3)CC1. The van der Waals surface area contributed by atoms with Gasteiger partial charge in [0.2, 0.25) is 6.79 Å². The number of hydrogen-bond donors (Lipinski definition) is 1. The molecule has 0 atom stereocenters. The number of ether oxygens (including phenoxy) is 2. The molecule has 0 unspecified atom stereocenters. The summed E-state index contributed by atoms with van der Waals surface area (Å²) in [6.45, 7) is 7.53. The van der Waals surface area contributed by atoms with Gasteiger partial charge >= 0.3 is 0 Å². The molecule has 3 heterocycles. The highest BCUT2D eigenvalue weighted by Gasteiger charge is 2.21. The van der Waals surface area contributed by atoms with Crippen LogP contribution < -0.4 is 19.7 Å². The maximum atomic E-state index is 5.49. The monoisotopic (exact) mass is 357 g/mol. The second-order valence-electron chi connectivity index (χ2n) is 7.16. The van der Waals surface area contributed by atoms with Crippen LogP contribution in [0.15, 0.2) is 22.7 Å². The van der Waals surface area contributed by atoms with Crippen LogP contribution in [0.2, 0.25) is 0 Å². The molecule has 2 aliphatic rings. The van der Waals surface area contributed by atoms with E-state index in [-0.39, 0.29) is 0 Å². The second kappa shape index (κ2) is 7.58. The van der Waals surface area contributed by atoms with Crippen molar-refractivity contribution in [2.75, 3.05) is 31.3 Å². The van der Waals surface area contributed by atoms with Crippen LogP contribution in [-0.4, -0.2) is 37.6 Å². The third-order valence-electron chi connectivity index (χ3n) is 5.43. The smallest absolute Gasteiger partial charge is 0.231 e. The van der Waals surface area contributed by atoms with Gasteiger partial charge < -0.3 is 24.2 Å². The summed E-state index contributed by atoms with van der Waals surface area (Å²) in [5, 5.41) is 7.74. The molecule has 0 spiro atoms. The molecule has 6 heteroatoms. The van der Waals surface area contributed by atoms with E-state index in [9.17, 15) is 0 Å². The number of fused-ring (bicyclic) bond motifs is 1. The Hall–Kier alpha value is -2.21. The first-order chi connectivity index (χ1) is 12.7. The summed E-state index contributed by atoms with van der Waals surface area (Å²) in [7, 11) is 0. The largest absolute Gasteiger partial charge is 0.454 e. The molecule has 1 aromatic carbocycles. The summed E-state index contributed by atoms with van der Waals surface area (Å²) in [6.07, 6.45) is 4.48. The van der Waals surface area contributed by atoms with Crippen molar-refractivity contribution in [2.45, 2.75) is 45.6 Å². The summed E-state index contributed by atoms with van der Waals surface area (Å²) in [5.74, 6) is 2.67. The molecule has 0 aliphatic carbocycles. The van der Waals surface area contributed by atoms with Gasteiger partial charge in [-0.1, -0.05) is 5.16 Å². The summed E-state index contributed by atoms with van der Waals surface area (Å²) in [4.78, 5) is 2.43. The molecule has 1 aromatic heterocycles. The topological polar surface area (TPSA) is 59.8 Å². The first-order valence-electron chi connectivity index (χ1n) is 9.50. The minimum absolute atomic E-state index is 0.332. The Balaban J connectivity index is 1.20. The predicted molar refractivity (Wildman–Crippen MR) is 100 cm³/mol.